The van der Waals surface area contributed by atoms with Gasteiger partial charge in [0.2, 0.25) is 10.0 Å². The van der Waals surface area contributed by atoms with Gasteiger partial charge < -0.3 is 10.6 Å². The molecule has 0 bridgehead atoms. The number of H-pyrrole nitrogens is 1. The normalized spacial score (nSPS) is 12.1. The van der Waals surface area contributed by atoms with Crippen molar-refractivity contribution in [2.75, 3.05) is 23.9 Å². The Morgan fingerprint density at radius 2 is 1.66 bits per heavy atom. The largest absolute Gasteiger partial charge is 0.340 e. The molecule has 32 heavy (non-hydrogen) atoms. The number of hydrogen-bond acceptors (Lipinski definition) is 9. The highest BCUT2D eigenvalue weighted by Crippen LogP contribution is 2.28. The number of benzene rings is 2. The second-order valence-corrected chi connectivity index (χ2v) is 10.7. The van der Waals surface area contributed by atoms with Gasteiger partial charge in [0, 0.05) is 23.4 Å². The lowest BCUT2D eigenvalue weighted by molar-refractivity contribution is 0.587. The third-order valence-electron chi connectivity index (χ3n) is 4.57. The van der Waals surface area contributed by atoms with Crippen LogP contribution in [0.1, 0.15) is 0 Å². The predicted molar refractivity (Wildman–Crippen MR) is 120 cm³/mol. The van der Waals surface area contributed by atoms with Crippen LogP contribution in [-0.2, 0) is 19.9 Å². The molecule has 0 fully saturated rings. The molecule has 166 valence electrons. The van der Waals surface area contributed by atoms with E-state index in [1.54, 1.807) is 12.3 Å². The third-order valence-corrected chi connectivity index (χ3v) is 7.14. The van der Waals surface area contributed by atoms with E-state index in [-0.39, 0.29) is 21.3 Å². The lowest BCUT2D eigenvalue weighted by atomic mass is 10.2. The van der Waals surface area contributed by atoms with Crippen LogP contribution in [-0.4, -0.2) is 50.3 Å². The maximum atomic E-state index is 12.2. The fourth-order valence-electron chi connectivity index (χ4n) is 3.02. The molecular formula is C19H19N7O4S2. The number of rotatable bonds is 7. The second-order valence-electron chi connectivity index (χ2n) is 6.85. The van der Waals surface area contributed by atoms with Crippen molar-refractivity contribution in [3.63, 3.8) is 0 Å². The molecule has 0 aliphatic carbocycles. The molecule has 0 atom stereocenters. The van der Waals surface area contributed by atoms with Crippen molar-refractivity contribution in [3.8, 4) is 0 Å². The summed E-state index contributed by atoms with van der Waals surface area (Å²) in [5.41, 5.74) is 1.74. The van der Waals surface area contributed by atoms with Crippen molar-refractivity contribution >= 4 is 53.8 Å². The molecule has 2 heterocycles. The van der Waals surface area contributed by atoms with E-state index >= 15 is 0 Å². The average molecular weight is 474 g/mol. The van der Waals surface area contributed by atoms with Crippen molar-refractivity contribution in [1.29, 1.82) is 0 Å². The molecule has 11 nitrogen and oxygen atoms in total. The predicted octanol–water partition coefficient (Wildman–Crippen LogP) is 2.15. The molecule has 0 spiro atoms. The Balaban J connectivity index is 1.67. The van der Waals surface area contributed by atoms with Crippen molar-refractivity contribution < 1.29 is 16.8 Å². The summed E-state index contributed by atoms with van der Waals surface area (Å²) in [5.74, 6) is 0.723. The second kappa shape index (κ2) is 8.18. The van der Waals surface area contributed by atoms with Crippen LogP contribution in [0.2, 0.25) is 0 Å². The van der Waals surface area contributed by atoms with Crippen LogP contribution in [0, 0.1) is 0 Å². The molecule has 0 radical (unpaired) electrons. The highest BCUT2D eigenvalue weighted by molar-refractivity contribution is 7.91. The van der Waals surface area contributed by atoms with Crippen LogP contribution in [0.25, 0.3) is 10.9 Å². The fraction of sp³-hybridized carbons (Fsp3) is 0.105. The minimum absolute atomic E-state index is 0.0638. The minimum Gasteiger partial charge on any atom is -0.340 e. The van der Waals surface area contributed by atoms with Gasteiger partial charge in [-0.15, -0.1) is 0 Å². The van der Waals surface area contributed by atoms with Crippen LogP contribution < -0.4 is 15.4 Å². The molecule has 0 unspecified atom stereocenters. The lowest BCUT2D eigenvalue weighted by Gasteiger charge is -2.13. The van der Waals surface area contributed by atoms with E-state index in [1.165, 1.54) is 31.6 Å². The molecule has 2 aromatic carbocycles. The smallest absolute Gasteiger partial charge is 0.240 e. The van der Waals surface area contributed by atoms with Crippen LogP contribution in [0.5, 0.6) is 0 Å². The van der Waals surface area contributed by atoms with Gasteiger partial charge in [0.1, 0.15) is 18.0 Å². The SMILES string of the molecule is CNS(=O)(=O)c1ccc(S(C)(=O)=O)c(Nc2cc(Nc3ccc4[nH]ncc4c3)ncn2)c1. The lowest BCUT2D eigenvalue weighted by Crippen LogP contribution is -2.19. The zero-order valence-corrected chi connectivity index (χ0v) is 18.6. The summed E-state index contributed by atoms with van der Waals surface area (Å²) in [6, 6.07) is 10.9. The van der Waals surface area contributed by atoms with Gasteiger partial charge in [-0.2, -0.15) is 5.10 Å². The number of aromatic amines is 1. The number of nitrogens with one attached hydrogen (secondary N) is 4. The van der Waals surface area contributed by atoms with Crippen molar-refractivity contribution in [2.24, 2.45) is 0 Å². The number of nitrogens with zero attached hydrogens (tertiary/aromatic N) is 3. The summed E-state index contributed by atoms with van der Waals surface area (Å²) in [7, 11) is -6.14. The van der Waals surface area contributed by atoms with Gasteiger partial charge in [-0.05, 0) is 43.4 Å². The van der Waals surface area contributed by atoms with E-state index in [0.717, 1.165) is 22.8 Å². The molecule has 4 N–H and O–H groups in total. The minimum atomic E-state index is -3.77. The molecule has 0 aliphatic rings. The van der Waals surface area contributed by atoms with Crippen LogP contribution in [0.15, 0.2) is 64.8 Å². The Kier molecular flexibility index (Phi) is 5.54. The zero-order valence-electron chi connectivity index (χ0n) is 17.0. The Hall–Kier alpha value is -3.55. The number of sulfone groups is 1. The maximum Gasteiger partial charge on any atom is 0.240 e. The summed E-state index contributed by atoms with van der Waals surface area (Å²) in [6.45, 7) is 0. The van der Waals surface area contributed by atoms with E-state index in [4.69, 9.17) is 0 Å². The summed E-state index contributed by atoms with van der Waals surface area (Å²) in [4.78, 5) is 8.14. The molecule has 0 saturated heterocycles. The first kappa shape index (κ1) is 21.7. The summed E-state index contributed by atoms with van der Waals surface area (Å²) >= 11 is 0. The van der Waals surface area contributed by atoms with E-state index in [2.05, 4.69) is 35.5 Å². The van der Waals surface area contributed by atoms with Crippen LogP contribution in [0.3, 0.4) is 0 Å². The number of fused-ring (bicyclic) bond motifs is 1. The first-order valence-electron chi connectivity index (χ1n) is 9.22. The van der Waals surface area contributed by atoms with Gasteiger partial charge in [0.05, 0.1) is 27.2 Å². The third kappa shape index (κ3) is 4.54. The summed E-state index contributed by atoms with van der Waals surface area (Å²) in [6.07, 6.45) is 4.04. The van der Waals surface area contributed by atoms with Gasteiger partial charge in [0.15, 0.2) is 9.84 Å². The van der Waals surface area contributed by atoms with Crippen molar-refractivity contribution in [3.05, 3.63) is 55.0 Å². The first-order chi connectivity index (χ1) is 15.2. The Bertz CT molecular complexity index is 1520. The van der Waals surface area contributed by atoms with E-state index in [0.29, 0.717) is 5.82 Å². The van der Waals surface area contributed by atoms with Gasteiger partial charge in [0.25, 0.3) is 0 Å². The Morgan fingerprint density at radius 1 is 0.906 bits per heavy atom. The molecular weight excluding hydrogens is 454 g/mol. The topological polar surface area (TPSA) is 159 Å². The highest BCUT2D eigenvalue weighted by Gasteiger charge is 2.19. The highest BCUT2D eigenvalue weighted by atomic mass is 32.2. The van der Waals surface area contributed by atoms with Gasteiger partial charge in [-0.1, -0.05) is 0 Å². The molecule has 4 rings (SSSR count). The first-order valence-corrected chi connectivity index (χ1v) is 12.6. The standard InChI is InChI=1S/C19H19N7O4S2/c1-20-32(29,30)14-4-6-17(31(2,27)28)16(8-14)25-19-9-18(21-11-22-19)24-13-3-5-15-12(7-13)10-23-26-15/h3-11,20H,1-2H3,(H,23,26)(H2,21,22,24,25). The molecule has 13 heteroatoms. The molecule has 4 aromatic rings. The van der Waals surface area contributed by atoms with Crippen LogP contribution in [0.4, 0.5) is 23.0 Å². The van der Waals surface area contributed by atoms with Crippen molar-refractivity contribution in [1.82, 2.24) is 24.9 Å². The Morgan fingerprint density at radius 3 is 2.38 bits per heavy atom. The number of sulfonamides is 1. The van der Waals surface area contributed by atoms with Gasteiger partial charge in [-0.3, -0.25) is 5.10 Å². The molecule has 0 amide bonds. The van der Waals surface area contributed by atoms with Gasteiger partial charge >= 0.3 is 0 Å². The number of anilines is 4. The van der Waals surface area contributed by atoms with E-state index in [9.17, 15) is 16.8 Å². The maximum absolute atomic E-state index is 12.2. The quantitative estimate of drug-likeness (QED) is 0.315. The molecule has 0 saturated carbocycles. The zero-order chi connectivity index (χ0) is 22.9. The van der Waals surface area contributed by atoms with Gasteiger partial charge in [-0.25, -0.2) is 31.5 Å². The summed E-state index contributed by atoms with van der Waals surface area (Å²) in [5, 5.41) is 13.8. The Labute approximate surface area is 184 Å². The molecule has 0 aliphatic heterocycles. The van der Waals surface area contributed by atoms with Crippen molar-refractivity contribution in [2.45, 2.75) is 9.79 Å². The average Bonchev–Trinajstić information content (AvgIpc) is 3.21. The molecule has 2 aromatic heterocycles. The van der Waals surface area contributed by atoms with E-state index < -0.39 is 19.9 Å². The fourth-order valence-corrected chi connectivity index (χ4v) is 4.60. The van der Waals surface area contributed by atoms with E-state index in [1.807, 2.05) is 18.2 Å². The number of aromatic nitrogens is 4. The van der Waals surface area contributed by atoms with Crippen LogP contribution >= 0.6 is 0 Å². The monoisotopic (exact) mass is 473 g/mol. The number of hydrogen-bond donors (Lipinski definition) is 4. The summed E-state index contributed by atoms with van der Waals surface area (Å²) < 4.78 is 51.0.